The number of benzene rings is 3. The first-order chi connectivity index (χ1) is 20.4. The van der Waals surface area contributed by atoms with Gasteiger partial charge in [-0.05, 0) is 41.2 Å². The summed E-state index contributed by atoms with van der Waals surface area (Å²) >= 11 is 0. The minimum atomic E-state index is -1.33. The number of aliphatic hydroxyl groups excluding tert-OH is 1. The molecule has 0 saturated carbocycles. The van der Waals surface area contributed by atoms with E-state index >= 15 is 0 Å². The van der Waals surface area contributed by atoms with Crippen LogP contribution in [0.25, 0.3) is 11.1 Å². The predicted octanol–water partition coefficient (Wildman–Crippen LogP) is 3.90. The summed E-state index contributed by atoms with van der Waals surface area (Å²) in [4.78, 5) is 42.1. The van der Waals surface area contributed by atoms with Crippen LogP contribution in [0.4, 0.5) is 10.5 Å². The van der Waals surface area contributed by atoms with E-state index in [1.807, 2.05) is 36.4 Å². The van der Waals surface area contributed by atoms with Gasteiger partial charge in [-0.1, -0.05) is 48.5 Å². The second kappa shape index (κ2) is 11.4. The average molecular weight is 572 g/mol. The predicted molar refractivity (Wildman–Crippen MR) is 155 cm³/mol. The number of hydrogen-bond donors (Lipinski definition) is 2. The lowest BCUT2D eigenvalue weighted by atomic mass is 9.98. The van der Waals surface area contributed by atoms with E-state index in [0.29, 0.717) is 19.4 Å². The van der Waals surface area contributed by atoms with Crippen LogP contribution >= 0.6 is 0 Å². The SMILES string of the molecule is CNC(=O)CCOc1cc2c(cc1OC)C(=O)N1CCC[C@H]1C(O)N2C(=O)OCC1c2ccccc2-c2ccccc21. The Morgan fingerprint density at radius 1 is 1.00 bits per heavy atom. The third-order valence-electron chi connectivity index (χ3n) is 8.34. The molecular formula is C32H33N3O7. The van der Waals surface area contributed by atoms with Crippen molar-refractivity contribution >= 4 is 23.6 Å². The molecule has 42 heavy (non-hydrogen) atoms. The zero-order valence-corrected chi connectivity index (χ0v) is 23.5. The van der Waals surface area contributed by atoms with Crippen molar-refractivity contribution in [3.05, 3.63) is 77.4 Å². The van der Waals surface area contributed by atoms with Gasteiger partial charge in [0.15, 0.2) is 17.7 Å². The molecule has 1 saturated heterocycles. The molecule has 3 aliphatic rings. The average Bonchev–Trinajstić information content (AvgIpc) is 3.61. The third kappa shape index (κ3) is 4.71. The molecule has 1 unspecified atom stereocenters. The highest BCUT2D eigenvalue weighted by atomic mass is 16.6. The van der Waals surface area contributed by atoms with E-state index in [4.69, 9.17) is 14.2 Å². The fourth-order valence-corrected chi connectivity index (χ4v) is 6.26. The van der Waals surface area contributed by atoms with E-state index in [-0.39, 0.29) is 60.1 Å². The lowest BCUT2D eigenvalue weighted by Gasteiger charge is -2.32. The lowest BCUT2D eigenvalue weighted by molar-refractivity contribution is -0.121. The minimum Gasteiger partial charge on any atom is -0.493 e. The maximum Gasteiger partial charge on any atom is 0.416 e. The number of carbonyl (C=O) groups is 3. The van der Waals surface area contributed by atoms with E-state index in [0.717, 1.165) is 27.2 Å². The molecule has 2 N–H and O–H groups in total. The van der Waals surface area contributed by atoms with Crippen LogP contribution in [0.1, 0.15) is 46.7 Å². The largest absolute Gasteiger partial charge is 0.493 e. The zero-order valence-electron chi connectivity index (χ0n) is 23.5. The zero-order chi connectivity index (χ0) is 29.4. The normalized spacial score (nSPS) is 18.9. The quantitative estimate of drug-likeness (QED) is 0.442. The number of amides is 3. The van der Waals surface area contributed by atoms with Gasteiger partial charge in [-0.25, -0.2) is 9.69 Å². The second-order valence-corrected chi connectivity index (χ2v) is 10.6. The Bertz CT molecular complexity index is 1490. The summed E-state index contributed by atoms with van der Waals surface area (Å²) in [5.74, 6) is -0.169. The fourth-order valence-electron chi connectivity index (χ4n) is 6.26. The van der Waals surface area contributed by atoms with Gasteiger partial charge in [0.2, 0.25) is 5.91 Å². The van der Waals surface area contributed by atoms with Crippen molar-refractivity contribution in [1.29, 1.82) is 0 Å². The summed E-state index contributed by atoms with van der Waals surface area (Å²) in [6.45, 7) is 0.565. The van der Waals surface area contributed by atoms with Crippen LogP contribution in [0.2, 0.25) is 0 Å². The van der Waals surface area contributed by atoms with Crippen LogP contribution in [0, 0.1) is 0 Å². The number of hydrogen-bond acceptors (Lipinski definition) is 7. The van der Waals surface area contributed by atoms with Crippen molar-refractivity contribution in [3.8, 4) is 22.6 Å². The van der Waals surface area contributed by atoms with E-state index in [2.05, 4.69) is 17.4 Å². The van der Waals surface area contributed by atoms with Crippen molar-refractivity contribution in [2.75, 3.05) is 38.8 Å². The minimum absolute atomic E-state index is 0.0466. The van der Waals surface area contributed by atoms with E-state index in [9.17, 15) is 19.5 Å². The number of aliphatic hydroxyl groups is 1. The Labute approximate surface area is 243 Å². The van der Waals surface area contributed by atoms with Crippen molar-refractivity contribution in [3.63, 3.8) is 0 Å². The van der Waals surface area contributed by atoms with Gasteiger partial charge < -0.3 is 29.5 Å². The van der Waals surface area contributed by atoms with E-state index in [1.165, 1.54) is 26.3 Å². The summed E-state index contributed by atoms with van der Waals surface area (Å²) in [5, 5.41) is 14.1. The molecule has 2 heterocycles. The monoisotopic (exact) mass is 571 g/mol. The van der Waals surface area contributed by atoms with Crippen LogP contribution < -0.4 is 19.7 Å². The summed E-state index contributed by atoms with van der Waals surface area (Å²) in [6, 6.07) is 18.5. The van der Waals surface area contributed by atoms with Gasteiger partial charge in [0, 0.05) is 25.6 Å². The van der Waals surface area contributed by atoms with Crippen molar-refractivity contribution in [2.24, 2.45) is 0 Å². The number of nitrogens with one attached hydrogen (secondary N) is 1. The number of fused-ring (bicyclic) bond motifs is 5. The smallest absolute Gasteiger partial charge is 0.416 e. The number of carbonyl (C=O) groups excluding carboxylic acids is 3. The molecule has 10 nitrogen and oxygen atoms in total. The molecule has 218 valence electrons. The Morgan fingerprint density at radius 3 is 2.36 bits per heavy atom. The van der Waals surface area contributed by atoms with E-state index < -0.39 is 18.4 Å². The second-order valence-electron chi connectivity index (χ2n) is 10.6. The number of rotatable bonds is 7. The Morgan fingerprint density at radius 2 is 1.69 bits per heavy atom. The number of anilines is 1. The van der Waals surface area contributed by atoms with Crippen LogP contribution in [0.15, 0.2) is 60.7 Å². The molecule has 0 bridgehead atoms. The first kappa shape index (κ1) is 27.6. The molecule has 0 radical (unpaired) electrons. The molecule has 6 rings (SSSR count). The summed E-state index contributed by atoms with van der Waals surface area (Å²) in [6.07, 6.45) is -0.751. The van der Waals surface area contributed by atoms with Crippen molar-refractivity contribution < 1.29 is 33.7 Å². The summed E-state index contributed by atoms with van der Waals surface area (Å²) in [7, 11) is 2.99. The maximum absolute atomic E-state index is 13.9. The van der Waals surface area contributed by atoms with E-state index in [1.54, 1.807) is 4.90 Å². The maximum atomic E-state index is 13.9. The molecule has 3 amide bonds. The van der Waals surface area contributed by atoms with Gasteiger partial charge in [-0.15, -0.1) is 0 Å². The van der Waals surface area contributed by atoms with Crippen LogP contribution in [-0.2, 0) is 9.53 Å². The molecule has 3 aromatic carbocycles. The Balaban J connectivity index is 1.33. The highest BCUT2D eigenvalue weighted by molar-refractivity contribution is 6.06. The fraction of sp³-hybridized carbons (Fsp3) is 0.344. The number of ether oxygens (including phenoxy) is 3. The Kier molecular flexibility index (Phi) is 7.47. The highest BCUT2D eigenvalue weighted by Gasteiger charge is 2.45. The topological polar surface area (TPSA) is 118 Å². The molecule has 0 spiro atoms. The van der Waals surface area contributed by atoms with Gasteiger partial charge in [-0.2, -0.15) is 0 Å². The van der Waals surface area contributed by atoms with Crippen molar-refractivity contribution in [2.45, 2.75) is 37.5 Å². The van der Waals surface area contributed by atoms with Crippen LogP contribution in [0.3, 0.4) is 0 Å². The standard InChI is InChI=1S/C32H33N3O7/c1-33-29(36)13-15-41-28-17-26-23(16-27(28)40-2)30(37)34-14-7-12-25(34)31(38)35(26)32(39)42-18-24-21-10-5-3-8-19(21)20-9-4-6-11-22(20)24/h3-6,8-11,16-17,24-25,31,38H,7,12-15,18H2,1-2H3,(H,33,36)/t25-,31?/m0/s1. The summed E-state index contributed by atoms with van der Waals surface area (Å²) in [5.41, 5.74) is 4.70. The number of nitrogens with zero attached hydrogens (tertiary/aromatic N) is 2. The lowest BCUT2D eigenvalue weighted by Crippen LogP contribution is -2.51. The van der Waals surface area contributed by atoms with Gasteiger partial charge in [-0.3, -0.25) is 9.59 Å². The van der Waals surface area contributed by atoms with Crippen LogP contribution in [-0.4, -0.2) is 74.1 Å². The molecule has 1 aliphatic carbocycles. The molecule has 10 heteroatoms. The molecule has 1 fully saturated rings. The summed E-state index contributed by atoms with van der Waals surface area (Å²) < 4.78 is 17.3. The van der Waals surface area contributed by atoms with Gasteiger partial charge in [0.05, 0.1) is 37.4 Å². The molecule has 2 atom stereocenters. The molecule has 3 aromatic rings. The molecule has 2 aliphatic heterocycles. The highest BCUT2D eigenvalue weighted by Crippen LogP contribution is 2.45. The van der Waals surface area contributed by atoms with Gasteiger partial charge in [0.25, 0.3) is 5.91 Å². The number of methoxy groups -OCH3 is 1. The first-order valence-electron chi connectivity index (χ1n) is 14.1. The van der Waals surface area contributed by atoms with Crippen LogP contribution in [0.5, 0.6) is 11.5 Å². The van der Waals surface area contributed by atoms with Gasteiger partial charge >= 0.3 is 6.09 Å². The Hall–Kier alpha value is -4.57. The molecular weight excluding hydrogens is 538 g/mol. The van der Waals surface area contributed by atoms with Gasteiger partial charge in [0.1, 0.15) is 6.61 Å². The van der Waals surface area contributed by atoms with Crippen molar-refractivity contribution in [1.82, 2.24) is 10.2 Å². The molecule has 0 aromatic heterocycles. The third-order valence-corrected chi connectivity index (χ3v) is 8.34. The first-order valence-corrected chi connectivity index (χ1v) is 14.1.